The summed E-state index contributed by atoms with van der Waals surface area (Å²) in [5, 5.41) is 0.550. The monoisotopic (exact) mass is 764 g/mol. The van der Waals surface area contributed by atoms with Crippen LogP contribution >= 0.6 is 0 Å². The molecule has 0 amide bonds. The summed E-state index contributed by atoms with van der Waals surface area (Å²) in [7, 11) is -26.8. The molecule has 3 fully saturated rings. The van der Waals surface area contributed by atoms with E-state index in [1.54, 1.807) is 63.5 Å². The molecule has 0 radical (unpaired) electrons. The van der Waals surface area contributed by atoms with Crippen molar-refractivity contribution in [3.05, 3.63) is 59.7 Å². The Kier molecular flexibility index (Phi) is 9.90. The van der Waals surface area contributed by atoms with E-state index in [1.165, 1.54) is 7.11 Å². The highest BCUT2D eigenvalue weighted by Gasteiger charge is 2.73. The van der Waals surface area contributed by atoms with Gasteiger partial charge in [-0.1, -0.05) is 24.3 Å². The van der Waals surface area contributed by atoms with E-state index in [4.69, 9.17) is 50.3 Å². The van der Waals surface area contributed by atoms with Crippen LogP contribution in [0.4, 0.5) is 0 Å². The van der Waals surface area contributed by atoms with Crippen molar-refractivity contribution in [1.82, 2.24) is 0 Å². The van der Waals surface area contributed by atoms with Crippen LogP contribution in [0, 0.1) is 0 Å². The van der Waals surface area contributed by atoms with Gasteiger partial charge in [0.15, 0.2) is 0 Å². The van der Waals surface area contributed by atoms with E-state index >= 15 is 0 Å². The molecule has 22 heteroatoms. The highest BCUT2D eigenvalue weighted by Crippen LogP contribution is 2.42. The van der Waals surface area contributed by atoms with Crippen LogP contribution in [0.2, 0.25) is 52.4 Å². The first-order chi connectivity index (χ1) is 20.8. The molecule has 3 heterocycles. The Bertz CT molecular complexity index is 1380. The van der Waals surface area contributed by atoms with Gasteiger partial charge in [-0.25, -0.2) is 0 Å². The van der Waals surface area contributed by atoms with Crippen molar-refractivity contribution in [2.24, 2.45) is 0 Å². The van der Waals surface area contributed by atoms with Gasteiger partial charge in [-0.2, -0.15) is 0 Å². The van der Waals surface area contributed by atoms with Gasteiger partial charge >= 0.3 is 70.7 Å². The largest absolute Gasteiger partial charge is 0.515 e. The third kappa shape index (κ3) is 8.25. The molecular formula is C23H40O14Si8. The summed E-state index contributed by atoms with van der Waals surface area (Å²) in [5.41, 5.74) is 1.42. The minimum atomic E-state index is -4.16. The van der Waals surface area contributed by atoms with Crippen LogP contribution in [-0.4, -0.2) is 88.9 Å². The minimum Gasteiger partial charge on any atom is -0.489 e. The molecule has 5 rings (SSSR count). The Morgan fingerprint density at radius 1 is 0.711 bits per heavy atom. The van der Waals surface area contributed by atoms with Gasteiger partial charge in [0, 0.05) is 50.6 Å². The van der Waals surface area contributed by atoms with Gasteiger partial charge in [-0.05, 0) is 49.5 Å². The van der Waals surface area contributed by atoms with Crippen molar-refractivity contribution in [3.63, 3.8) is 0 Å². The van der Waals surface area contributed by atoms with Crippen molar-refractivity contribution in [2.45, 2.75) is 59.0 Å². The van der Waals surface area contributed by atoms with Crippen molar-refractivity contribution in [3.8, 4) is 5.75 Å². The molecule has 14 nitrogen and oxygen atoms in total. The smallest absolute Gasteiger partial charge is 0.489 e. The predicted molar refractivity (Wildman–Crippen MR) is 177 cm³/mol. The first kappa shape index (κ1) is 35.5. The van der Waals surface area contributed by atoms with Crippen LogP contribution in [0.15, 0.2) is 48.5 Å². The molecule has 7 atom stereocenters. The van der Waals surface area contributed by atoms with E-state index in [2.05, 4.69) is 0 Å². The number of rotatable bonds is 8. The second-order valence-electron chi connectivity index (χ2n) is 11.8. The number of carbonyl (C=O) groups excluding carboxylic acids is 1. The Morgan fingerprint density at radius 3 is 1.78 bits per heavy atom. The summed E-state index contributed by atoms with van der Waals surface area (Å²) < 4.78 is 78.4. The number of carbonyl (C=O) groups is 1. The normalized spacial score (nSPS) is 38.6. The second-order valence-corrected chi connectivity index (χ2v) is 34.8. The summed E-state index contributed by atoms with van der Waals surface area (Å²) in [5.74, 6) is 0.623. The Balaban J connectivity index is 1.58. The first-order valence-electron chi connectivity index (χ1n) is 14.3. The maximum absolute atomic E-state index is 11.0. The lowest BCUT2D eigenvalue weighted by Crippen LogP contribution is -2.82. The van der Waals surface area contributed by atoms with E-state index < -0.39 is 70.7 Å². The highest BCUT2D eigenvalue weighted by atomic mass is 28.6. The van der Waals surface area contributed by atoms with E-state index in [-0.39, 0.29) is 6.61 Å². The number of fused-ring (bicyclic) bond motifs is 3. The molecule has 0 aliphatic carbocycles. The van der Waals surface area contributed by atoms with Crippen molar-refractivity contribution in [2.75, 3.05) is 7.11 Å². The SMILES string of the molecule is CO[Si]1(C)O[Si]2(C)O[Si](C)(C)O[Si]3(C)O[Si](C)(O[SiH](C)O)O[Si](c4ccc(COc5ccc(C=O)cc5)cc4)(O1)O[Si](C)(O2)O3. The topological polar surface area (TPSA) is 148 Å². The maximum atomic E-state index is 11.0. The summed E-state index contributed by atoms with van der Waals surface area (Å²) in [6, 6.07) is 14.2. The summed E-state index contributed by atoms with van der Waals surface area (Å²) in [4.78, 5) is 21.5. The fourth-order valence-electron chi connectivity index (χ4n) is 5.52. The zero-order valence-electron chi connectivity index (χ0n) is 26.7. The third-order valence-corrected chi connectivity index (χ3v) is 38.1. The molecule has 2 aromatic carbocycles. The lowest BCUT2D eigenvalue weighted by atomic mass is 10.2. The fraction of sp³-hybridized carbons (Fsp3) is 0.435. The van der Waals surface area contributed by atoms with Gasteiger partial charge < -0.3 is 55.1 Å². The maximum Gasteiger partial charge on any atom is 0.515 e. The van der Waals surface area contributed by atoms with Crippen LogP contribution in [0.25, 0.3) is 0 Å². The second kappa shape index (κ2) is 12.6. The minimum absolute atomic E-state index is 0.263. The van der Waals surface area contributed by atoms with Crippen LogP contribution in [-0.2, 0) is 52.2 Å². The van der Waals surface area contributed by atoms with E-state index in [9.17, 15) is 9.59 Å². The van der Waals surface area contributed by atoms with Gasteiger partial charge in [0.2, 0.25) is 0 Å². The molecular weight excluding hydrogens is 725 g/mol. The van der Waals surface area contributed by atoms with Gasteiger partial charge in [-0.3, -0.25) is 4.79 Å². The number of benzene rings is 2. The summed E-state index contributed by atoms with van der Waals surface area (Å²) in [6.45, 7) is 14.2. The molecule has 0 saturated carbocycles. The highest BCUT2D eigenvalue weighted by molar-refractivity contribution is 7.01. The van der Waals surface area contributed by atoms with Crippen molar-refractivity contribution >= 4 is 82.1 Å². The van der Waals surface area contributed by atoms with Crippen molar-refractivity contribution in [1.29, 1.82) is 0 Å². The quantitative estimate of drug-likeness (QED) is 0.310. The zero-order chi connectivity index (χ0) is 32.9. The molecule has 0 aromatic heterocycles. The molecule has 1 N–H and O–H groups in total. The van der Waals surface area contributed by atoms with Crippen molar-refractivity contribution < 1.29 is 59.9 Å². The predicted octanol–water partition coefficient (Wildman–Crippen LogP) is 2.47. The van der Waals surface area contributed by atoms with Gasteiger partial charge in [0.1, 0.15) is 18.6 Å². The van der Waals surface area contributed by atoms with Gasteiger partial charge in [0.25, 0.3) is 0 Å². The lowest BCUT2D eigenvalue weighted by molar-refractivity contribution is 0.0305. The molecule has 3 aliphatic heterocycles. The summed E-state index contributed by atoms with van der Waals surface area (Å²) in [6.07, 6.45) is 0.780. The molecule has 45 heavy (non-hydrogen) atoms. The number of ether oxygens (including phenoxy) is 1. The first-order valence-corrected chi connectivity index (χ1v) is 32.1. The average Bonchev–Trinajstić information content (AvgIpc) is 2.88. The van der Waals surface area contributed by atoms with Crippen LogP contribution in [0.3, 0.4) is 0 Å². The molecule has 0 spiro atoms. The standard InChI is InChI=1S/C23H40O14Si8/c1-26-40(5)31-42(7)29-39(3,4)30-43(8)32-41(6,28-38(2)25)36-45(35-40,37-44(9,33-42)34-43)23-16-12-21(13-17-23)19-27-22-14-10-20(18-24)11-15-22/h10-18,25,38H,19H2,1-9H3. The molecule has 3 aliphatic rings. The molecule has 2 aromatic rings. The van der Waals surface area contributed by atoms with Gasteiger partial charge in [-0.15, -0.1) is 0 Å². The van der Waals surface area contributed by atoms with Gasteiger partial charge in [0.05, 0.1) is 0 Å². The Hall–Kier alpha value is -0.835. The third-order valence-electron chi connectivity index (χ3n) is 6.79. The molecule has 7 unspecified atom stereocenters. The number of hydrogen-bond donors (Lipinski definition) is 1. The van der Waals surface area contributed by atoms with E-state index in [1.807, 2.05) is 37.4 Å². The molecule has 3 saturated heterocycles. The summed E-state index contributed by atoms with van der Waals surface area (Å²) >= 11 is 0. The Morgan fingerprint density at radius 2 is 1.24 bits per heavy atom. The lowest BCUT2D eigenvalue weighted by Gasteiger charge is -2.55. The van der Waals surface area contributed by atoms with E-state index in [0.29, 0.717) is 16.5 Å². The number of hydrogen-bond acceptors (Lipinski definition) is 14. The van der Waals surface area contributed by atoms with Crippen LogP contribution in [0.1, 0.15) is 15.9 Å². The molecule has 4 bridgehead atoms. The van der Waals surface area contributed by atoms with Crippen LogP contribution < -0.4 is 9.92 Å². The number of aldehydes is 1. The zero-order valence-corrected chi connectivity index (χ0v) is 34.9. The van der Waals surface area contributed by atoms with Crippen LogP contribution in [0.5, 0.6) is 5.75 Å². The molecule has 248 valence electrons. The Labute approximate surface area is 272 Å². The van der Waals surface area contributed by atoms with E-state index in [0.717, 1.165) is 11.8 Å². The average molecular weight is 765 g/mol. The fourth-order valence-corrected chi connectivity index (χ4v) is 43.8.